The number of nitrogens with one attached hydrogen (secondary N) is 1. The van der Waals surface area contributed by atoms with Crippen molar-refractivity contribution in [2.45, 2.75) is 44.6 Å². The van der Waals surface area contributed by atoms with Gasteiger partial charge >= 0.3 is 0 Å². The molecule has 0 radical (unpaired) electrons. The zero-order valence-electron chi connectivity index (χ0n) is 18.7. The molecule has 0 aliphatic carbocycles. The van der Waals surface area contributed by atoms with E-state index in [9.17, 15) is 8.42 Å². The zero-order valence-corrected chi connectivity index (χ0v) is 19.5. The molecule has 1 aliphatic rings. The second kappa shape index (κ2) is 11.5. The normalized spacial score (nSPS) is 15.2. The molecule has 7 heteroatoms. The van der Waals surface area contributed by atoms with Crippen molar-refractivity contribution in [2.24, 2.45) is 0 Å². The number of likely N-dealkylation sites (N-methyl/N-ethyl adjacent to an activating group) is 1. The van der Waals surface area contributed by atoms with Crippen LogP contribution >= 0.6 is 0 Å². The van der Waals surface area contributed by atoms with Gasteiger partial charge in [0.2, 0.25) is 0 Å². The van der Waals surface area contributed by atoms with Gasteiger partial charge in [0.25, 0.3) is 10.0 Å². The van der Waals surface area contributed by atoms with E-state index >= 15 is 0 Å². The lowest BCUT2D eigenvalue weighted by atomic mass is 10.1. The Labute approximate surface area is 187 Å². The lowest BCUT2D eigenvalue weighted by molar-refractivity contribution is 0.221. The molecule has 1 aliphatic heterocycles. The first-order valence-corrected chi connectivity index (χ1v) is 12.8. The van der Waals surface area contributed by atoms with Crippen molar-refractivity contribution >= 4 is 15.7 Å². The van der Waals surface area contributed by atoms with Gasteiger partial charge in [-0.15, -0.1) is 0 Å². The summed E-state index contributed by atoms with van der Waals surface area (Å²) < 4.78 is 34.2. The molecule has 1 fully saturated rings. The molecule has 0 spiro atoms. The third-order valence-electron chi connectivity index (χ3n) is 5.74. The Morgan fingerprint density at radius 1 is 1.00 bits per heavy atom. The van der Waals surface area contributed by atoms with E-state index in [0.717, 1.165) is 50.6 Å². The number of sulfonamides is 1. The molecule has 31 heavy (non-hydrogen) atoms. The third kappa shape index (κ3) is 7.23. The molecule has 2 aromatic rings. The highest BCUT2D eigenvalue weighted by Crippen LogP contribution is 2.21. The maximum absolute atomic E-state index is 12.9. The summed E-state index contributed by atoms with van der Waals surface area (Å²) in [6.45, 7) is 10.7. The number of likely N-dealkylation sites (tertiary alicyclic amines) is 1. The van der Waals surface area contributed by atoms with Crippen LogP contribution in [-0.2, 0) is 16.6 Å². The average Bonchev–Trinajstić information content (AvgIpc) is 2.78. The molecular formula is C24H35N3O3S. The van der Waals surface area contributed by atoms with Gasteiger partial charge in [0.1, 0.15) is 12.4 Å². The molecule has 2 aromatic carbocycles. The minimum Gasteiger partial charge on any atom is -0.492 e. The molecule has 1 heterocycles. The summed E-state index contributed by atoms with van der Waals surface area (Å²) >= 11 is 0. The fraction of sp³-hybridized carbons (Fsp3) is 0.500. The summed E-state index contributed by atoms with van der Waals surface area (Å²) in [5.41, 5.74) is 1.55. The molecule has 1 saturated heterocycles. The second-order valence-corrected chi connectivity index (χ2v) is 9.67. The van der Waals surface area contributed by atoms with Crippen molar-refractivity contribution in [1.82, 2.24) is 9.80 Å². The molecule has 3 rings (SSSR count). The van der Waals surface area contributed by atoms with E-state index in [1.165, 1.54) is 19.3 Å². The van der Waals surface area contributed by atoms with Crippen LogP contribution in [0.1, 0.15) is 38.7 Å². The Balaban J connectivity index is 1.58. The van der Waals surface area contributed by atoms with Gasteiger partial charge in [-0.1, -0.05) is 32.4 Å². The van der Waals surface area contributed by atoms with E-state index in [1.807, 2.05) is 12.1 Å². The van der Waals surface area contributed by atoms with Crippen LogP contribution in [-0.4, -0.2) is 57.5 Å². The van der Waals surface area contributed by atoms with E-state index in [1.54, 1.807) is 36.4 Å². The number of anilines is 1. The smallest absolute Gasteiger partial charge is 0.261 e. The molecule has 6 nitrogen and oxygen atoms in total. The number of nitrogens with zero attached hydrogens (tertiary/aromatic N) is 2. The lowest BCUT2D eigenvalue weighted by Crippen LogP contribution is -2.29. The van der Waals surface area contributed by atoms with Crippen molar-refractivity contribution in [3.8, 4) is 5.75 Å². The first-order chi connectivity index (χ1) is 15.0. The van der Waals surface area contributed by atoms with Crippen molar-refractivity contribution in [3.05, 3.63) is 54.1 Å². The number of hydrogen-bond acceptors (Lipinski definition) is 5. The first-order valence-electron chi connectivity index (χ1n) is 11.3. The topological polar surface area (TPSA) is 61.9 Å². The molecule has 0 unspecified atom stereocenters. The minimum absolute atomic E-state index is 0.293. The van der Waals surface area contributed by atoms with Gasteiger partial charge in [0.05, 0.1) is 4.90 Å². The van der Waals surface area contributed by atoms with Crippen LogP contribution in [0.4, 0.5) is 5.69 Å². The van der Waals surface area contributed by atoms with Gasteiger partial charge in [-0.3, -0.25) is 9.62 Å². The van der Waals surface area contributed by atoms with E-state index in [0.29, 0.717) is 17.2 Å². The van der Waals surface area contributed by atoms with Gasteiger partial charge in [0.15, 0.2) is 0 Å². The van der Waals surface area contributed by atoms with Crippen molar-refractivity contribution < 1.29 is 13.2 Å². The van der Waals surface area contributed by atoms with Gasteiger partial charge < -0.3 is 9.64 Å². The SMILES string of the molecule is CCN(CC)CCOc1ccc(NS(=O)(=O)c2cccc(CN3CCCCC3)c2)cc1. The second-order valence-electron chi connectivity index (χ2n) is 7.99. The highest BCUT2D eigenvalue weighted by Gasteiger charge is 2.16. The quantitative estimate of drug-likeness (QED) is 0.562. The number of hydrogen-bond donors (Lipinski definition) is 1. The molecule has 170 valence electrons. The Bertz CT molecular complexity index is 906. The molecule has 0 aromatic heterocycles. The van der Waals surface area contributed by atoms with E-state index in [2.05, 4.69) is 28.4 Å². The van der Waals surface area contributed by atoms with Crippen molar-refractivity contribution in [3.63, 3.8) is 0 Å². The first kappa shape index (κ1) is 23.6. The van der Waals surface area contributed by atoms with Crippen LogP contribution in [0, 0.1) is 0 Å². The maximum atomic E-state index is 12.9. The maximum Gasteiger partial charge on any atom is 0.261 e. The standard InChI is InChI=1S/C24H35N3O3S/c1-3-26(4-2)17-18-30-23-13-11-22(12-14-23)25-31(28,29)24-10-8-9-21(19-24)20-27-15-6-5-7-16-27/h8-14,19,25H,3-7,15-18,20H2,1-2H3. The van der Waals surface area contributed by atoms with Gasteiger partial charge in [-0.25, -0.2) is 8.42 Å². The fourth-order valence-corrected chi connectivity index (χ4v) is 4.98. The number of ether oxygens (including phenoxy) is 1. The number of rotatable bonds is 11. The van der Waals surface area contributed by atoms with Crippen LogP contribution in [0.2, 0.25) is 0 Å². The van der Waals surface area contributed by atoms with Gasteiger partial charge in [0, 0.05) is 18.8 Å². The Morgan fingerprint density at radius 3 is 2.39 bits per heavy atom. The predicted octanol–water partition coefficient (Wildman–Crippen LogP) is 4.19. The van der Waals surface area contributed by atoms with Crippen LogP contribution in [0.15, 0.2) is 53.4 Å². The van der Waals surface area contributed by atoms with Gasteiger partial charge in [-0.05, 0) is 81.0 Å². The van der Waals surface area contributed by atoms with E-state index in [4.69, 9.17) is 4.74 Å². The summed E-state index contributed by atoms with van der Waals surface area (Å²) in [6.07, 6.45) is 3.72. The summed E-state index contributed by atoms with van der Waals surface area (Å²) in [5, 5.41) is 0. The Hall–Kier alpha value is -2.09. The van der Waals surface area contributed by atoms with Crippen molar-refractivity contribution in [2.75, 3.05) is 44.1 Å². The molecule has 0 amide bonds. The highest BCUT2D eigenvalue weighted by atomic mass is 32.2. The third-order valence-corrected chi connectivity index (χ3v) is 7.12. The summed E-state index contributed by atoms with van der Waals surface area (Å²) in [4.78, 5) is 4.98. The average molecular weight is 446 g/mol. The van der Waals surface area contributed by atoms with Crippen LogP contribution in [0.25, 0.3) is 0 Å². The monoisotopic (exact) mass is 445 g/mol. The molecule has 0 atom stereocenters. The number of benzene rings is 2. The Morgan fingerprint density at radius 2 is 1.71 bits per heavy atom. The summed E-state index contributed by atoms with van der Waals surface area (Å²) in [7, 11) is -3.64. The van der Waals surface area contributed by atoms with Crippen LogP contribution in [0.3, 0.4) is 0 Å². The predicted molar refractivity (Wildman–Crippen MR) is 126 cm³/mol. The van der Waals surface area contributed by atoms with Crippen LogP contribution < -0.4 is 9.46 Å². The van der Waals surface area contributed by atoms with Gasteiger partial charge in [-0.2, -0.15) is 0 Å². The summed E-state index contributed by atoms with van der Waals surface area (Å²) in [5.74, 6) is 0.735. The summed E-state index contributed by atoms with van der Waals surface area (Å²) in [6, 6.07) is 14.3. The highest BCUT2D eigenvalue weighted by molar-refractivity contribution is 7.92. The zero-order chi connectivity index (χ0) is 22.1. The molecule has 0 bridgehead atoms. The number of piperidine rings is 1. The largest absolute Gasteiger partial charge is 0.492 e. The molecule has 1 N–H and O–H groups in total. The Kier molecular flexibility index (Phi) is 8.75. The molecule has 0 saturated carbocycles. The van der Waals surface area contributed by atoms with Crippen molar-refractivity contribution in [1.29, 1.82) is 0 Å². The fourth-order valence-electron chi connectivity index (χ4n) is 3.85. The lowest BCUT2D eigenvalue weighted by Gasteiger charge is -2.26. The van der Waals surface area contributed by atoms with Crippen LogP contribution in [0.5, 0.6) is 5.75 Å². The van der Waals surface area contributed by atoms with E-state index in [-0.39, 0.29) is 0 Å². The molecular weight excluding hydrogens is 410 g/mol. The van der Waals surface area contributed by atoms with E-state index < -0.39 is 10.0 Å². The minimum atomic E-state index is -3.64.